The van der Waals surface area contributed by atoms with Gasteiger partial charge in [0, 0.05) is 36.2 Å². The first-order valence-electron chi connectivity index (χ1n) is 10.5. The van der Waals surface area contributed by atoms with Gasteiger partial charge >= 0.3 is 0 Å². The van der Waals surface area contributed by atoms with Gasteiger partial charge in [-0.1, -0.05) is 12.1 Å². The van der Waals surface area contributed by atoms with E-state index in [9.17, 15) is 9.35 Å². The Morgan fingerprint density at radius 3 is 2.60 bits per heavy atom. The van der Waals surface area contributed by atoms with E-state index in [0.717, 1.165) is 22.6 Å². The fourth-order valence-corrected chi connectivity index (χ4v) is 5.51. The standard InChI is InChI=1S/C22H29N5O2S/c1-21(2,3)30(29)24-19(18-13-27(25-23-18)22-10-14(11-22)12-22)16-6-5-7-17-15(16)8-9-26(4)20(17)28/h5-9,13-14,19,23-25H,10-12H2,1-4H3/t14?,19-,22?,30-/m0/s1. The van der Waals surface area contributed by atoms with Gasteiger partial charge in [0.25, 0.3) is 5.56 Å². The maximum Gasteiger partial charge on any atom is 0.258 e. The van der Waals surface area contributed by atoms with E-state index in [4.69, 9.17) is 0 Å². The van der Waals surface area contributed by atoms with Crippen LogP contribution in [0.1, 0.15) is 51.6 Å². The van der Waals surface area contributed by atoms with Crippen LogP contribution in [-0.2, 0) is 18.4 Å². The van der Waals surface area contributed by atoms with E-state index in [1.54, 1.807) is 17.8 Å². The minimum Gasteiger partial charge on any atom is -0.598 e. The molecule has 3 saturated carbocycles. The molecule has 30 heavy (non-hydrogen) atoms. The van der Waals surface area contributed by atoms with Crippen LogP contribution in [0.15, 0.2) is 47.2 Å². The number of hydrazine groups is 2. The molecule has 6 rings (SSSR count). The van der Waals surface area contributed by atoms with Crippen molar-refractivity contribution in [3.63, 3.8) is 0 Å². The van der Waals surface area contributed by atoms with E-state index < -0.39 is 16.1 Å². The SMILES string of the molecule is Cn1ccc2c([C@H](N[S@@+]([O-])C(C)(C)C)C3=CN(C45CC(C4)C5)NN3)cccc2c1=O. The average Bonchev–Trinajstić information content (AvgIpc) is 3.08. The molecule has 0 spiro atoms. The third-order valence-electron chi connectivity index (χ3n) is 6.66. The summed E-state index contributed by atoms with van der Waals surface area (Å²) < 4.78 is 17.6. The highest BCUT2D eigenvalue weighted by Gasteiger charge is 2.60. The summed E-state index contributed by atoms with van der Waals surface area (Å²) >= 11 is -1.29. The van der Waals surface area contributed by atoms with E-state index >= 15 is 0 Å². The second-order valence-electron chi connectivity index (χ2n) is 9.87. The van der Waals surface area contributed by atoms with Gasteiger partial charge in [-0.05, 0) is 69.0 Å². The van der Waals surface area contributed by atoms with Crippen molar-refractivity contribution in [2.24, 2.45) is 13.0 Å². The molecule has 0 unspecified atom stereocenters. The number of aromatic nitrogens is 1. The number of fused-ring (bicyclic) bond motifs is 1. The summed E-state index contributed by atoms with van der Waals surface area (Å²) in [4.78, 5) is 12.7. The molecule has 3 fully saturated rings. The van der Waals surface area contributed by atoms with Crippen LogP contribution in [0.3, 0.4) is 0 Å². The van der Waals surface area contributed by atoms with E-state index in [2.05, 4.69) is 26.9 Å². The van der Waals surface area contributed by atoms with Gasteiger partial charge in [-0.3, -0.25) is 9.80 Å². The summed E-state index contributed by atoms with van der Waals surface area (Å²) in [6.07, 6.45) is 7.56. The Labute approximate surface area is 179 Å². The molecule has 1 aromatic heterocycles. The van der Waals surface area contributed by atoms with Crippen molar-refractivity contribution in [1.82, 2.24) is 25.3 Å². The smallest absolute Gasteiger partial charge is 0.258 e. The maximum atomic E-state index is 13.1. The zero-order valence-corrected chi connectivity index (χ0v) is 18.7. The molecule has 2 bridgehead atoms. The number of pyridine rings is 1. The average molecular weight is 428 g/mol. The Kier molecular flexibility index (Phi) is 4.49. The quantitative estimate of drug-likeness (QED) is 0.636. The molecular weight excluding hydrogens is 398 g/mol. The van der Waals surface area contributed by atoms with Crippen LogP contribution in [-0.4, -0.2) is 24.4 Å². The number of rotatable bonds is 5. The van der Waals surface area contributed by atoms with Gasteiger partial charge in [0.2, 0.25) is 0 Å². The van der Waals surface area contributed by atoms with Crippen LogP contribution in [0.5, 0.6) is 0 Å². The molecule has 1 aromatic carbocycles. The van der Waals surface area contributed by atoms with Crippen molar-refractivity contribution < 1.29 is 4.55 Å². The number of nitrogens with one attached hydrogen (secondary N) is 3. The number of benzene rings is 1. The number of nitrogens with zero attached hydrogens (tertiary/aromatic N) is 2. The highest BCUT2D eigenvalue weighted by atomic mass is 32.2. The lowest BCUT2D eigenvalue weighted by Crippen LogP contribution is -2.69. The molecule has 7 nitrogen and oxygen atoms in total. The van der Waals surface area contributed by atoms with Crippen molar-refractivity contribution in [1.29, 1.82) is 0 Å². The van der Waals surface area contributed by atoms with Crippen molar-refractivity contribution in [2.45, 2.75) is 56.4 Å². The van der Waals surface area contributed by atoms with Gasteiger partial charge in [0.1, 0.15) is 10.8 Å². The highest BCUT2D eigenvalue weighted by molar-refractivity contribution is 7.90. The summed E-state index contributed by atoms with van der Waals surface area (Å²) in [5, 5.41) is 3.71. The fourth-order valence-electron chi connectivity index (χ4n) is 4.69. The molecule has 4 aliphatic rings. The third kappa shape index (κ3) is 3.05. The van der Waals surface area contributed by atoms with Gasteiger partial charge in [-0.15, -0.1) is 10.3 Å². The molecule has 0 amide bonds. The number of hydrogen-bond donors (Lipinski definition) is 3. The Hall–Kier alpha value is -2.00. The number of aryl methyl sites for hydroxylation is 1. The van der Waals surface area contributed by atoms with Gasteiger partial charge in [-0.25, -0.2) is 0 Å². The van der Waals surface area contributed by atoms with E-state index in [1.165, 1.54) is 19.3 Å². The summed E-state index contributed by atoms with van der Waals surface area (Å²) in [5.41, 5.74) is 8.64. The monoisotopic (exact) mass is 427 g/mol. The zero-order chi connectivity index (χ0) is 21.3. The lowest BCUT2D eigenvalue weighted by molar-refractivity contribution is -0.141. The second-order valence-corrected chi connectivity index (χ2v) is 11.9. The lowest BCUT2D eigenvalue weighted by atomic mass is 9.49. The Morgan fingerprint density at radius 1 is 1.23 bits per heavy atom. The van der Waals surface area contributed by atoms with Crippen LogP contribution in [0.4, 0.5) is 0 Å². The van der Waals surface area contributed by atoms with Crippen LogP contribution >= 0.6 is 0 Å². The predicted molar refractivity (Wildman–Crippen MR) is 119 cm³/mol. The molecule has 2 aromatic rings. The topological polar surface area (TPSA) is 84.4 Å². The zero-order valence-electron chi connectivity index (χ0n) is 17.9. The lowest BCUT2D eigenvalue weighted by Gasteiger charge is -2.64. The predicted octanol–water partition coefficient (Wildman–Crippen LogP) is 2.35. The molecule has 0 saturated heterocycles. The number of hydrogen-bond acceptors (Lipinski definition) is 6. The van der Waals surface area contributed by atoms with Gasteiger partial charge in [0.15, 0.2) is 0 Å². The van der Waals surface area contributed by atoms with Crippen LogP contribution in [0, 0.1) is 5.92 Å². The first kappa shape index (κ1) is 19.9. The largest absolute Gasteiger partial charge is 0.598 e. The van der Waals surface area contributed by atoms with Crippen LogP contribution in [0.2, 0.25) is 0 Å². The molecule has 2 heterocycles. The molecule has 8 heteroatoms. The first-order valence-corrected chi connectivity index (χ1v) is 11.6. The normalized spacial score (nSPS) is 27.2. The minimum absolute atomic E-state index is 0.0352. The maximum absolute atomic E-state index is 13.1. The highest BCUT2D eigenvalue weighted by Crippen LogP contribution is 2.60. The summed E-state index contributed by atoms with van der Waals surface area (Å²) in [7, 11) is 1.76. The van der Waals surface area contributed by atoms with Gasteiger partial charge in [0.05, 0.1) is 11.2 Å². The molecule has 2 atom stereocenters. The summed E-state index contributed by atoms with van der Waals surface area (Å²) in [6, 6.07) is 7.37. The summed E-state index contributed by atoms with van der Waals surface area (Å²) in [5.74, 6) is 0.876. The molecule has 3 aliphatic carbocycles. The second kappa shape index (κ2) is 6.75. The van der Waals surface area contributed by atoms with E-state index in [-0.39, 0.29) is 17.1 Å². The minimum atomic E-state index is -1.29. The van der Waals surface area contributed by atoms with E-state index in [1.807, 2.05) is 45.0 Å². The third-order valence-corrected chi connectivity index (χ3v) is 8.23. The van der Waals surface area contributed by atoms with Crippen molar-refractivity contribution in [3.05, 3.63) is 58.3 Å². The molecular formula is C22H29N5O2S. The fraction of sp³-hybridized carbons (Fsp3) is 0.500. The molecule has 160 valence electrons. The Balaban J connectivity index is 1.57. The Bertz CT molecular complexity index is 1070. The molecule has 1 aliphatic heterocycles. The molecule has 3 N–H and O–H groups in total. The van der Waals surface area contributed by atoms with Crippen molar-refractivity contribution in [2.75, 3.05) is 0 Å². The van der Waals surface area contributed by atoms with Gasteiger partial charge < -0.3 is 14.5 Å². The van der Waals surface area contributed by atoms with E-state index in [0.29, 0.717) is 5.39 Å². The van der Waals surface area contributed by atoms with Crippen molar-refractivity contribution >= 4 is 22.1 Å². The van der Waals surface area contributed by atoms with Crippen molar-refractivity contribution in [3.8, 4) is 0 Å². The van der Waals surface area contributed by atoms with Gasteiger partial charge in [-0.2, -0.15) is 0 Å². The van der Waals surface area contributed by atoms with Crippen LogP contribution in [0.25, 0.3) is 10.8 Å². The summed E-state index contributed by atoms with van der Waals surface area (Å²) in [6.45, 7) is 5.86. The Morgan fingerprint density at radius 2 is 1.97 bits per heavy atom. The first-order chi connectivity index (χ1) is 14.2. The molecule has 0 radical (unpaired) electrons. The van der Waals surface area contributed by atoms with Crippen LogP contribution < -0.4 is 21.2 Å².